The normalized spacial score (nSPS) is 10.8. The molecule has 30 heavy (non-hydrogen) atoms. The molecular formula is C21H20Cl2N4O3. The number of halogens is 2. The third kappa shape index (κ3) is 5.81. The van der Waals surface area contributed by atoms with Crippen molar-refractivity contribution < 1.29 is 14.1 Å². The maximum absolute atomic E-state index is 12.4. The number of benzene rings is 2. The zero-order valence-electron chi connectivity index (χ0n) is 16.4. The van der Waals surface area contributed by atoms with E-state index in [2.05, 4.69) is 20.8 Å². The van der Waals surface area contributed by atoms with E-state index in [1.165, 1.54) is 0 Å². The minimum Gasteiger partial charge on any atom is -0.350 e. The lowest BCUT2D eigenvalue weighted by atomic mass is 10.1. The van der Waals surface area contributed by atoms with Crippen molar-refractivity contribution in [2.45, 2.75) is 32.7 Å². The highest BCUT2D eigenvalue weighted by molar-refractivity contribution is 6.31. The molecule has 0 saturated heterocycles. The SMILES string of the molecule is CC(C)NC(=O)c1ccc(Cl)cc1NC(=O)CCc1nc(-c2ccc(Cl)cc2)no1. The second kappa shape index (κ2) is 9.73. The molecule has 2 N–H and O–H groups in total. The number of amides is 2. The number of hydrogen-bond acceptors (Lipinski definition) is 5. The van der Waals surface area contributed by atoms with Crippen LogP contribution in [0.5, 0.6) is 0 Å². The number of nitrogens with zero attached hydrogens (tertiary/aromatic N) is 2. The van der Waals surface area contributed by atoms with Gasteiger partial charge < -0.3 is 15.2 Å². The molecule has 0 fully saturated rings. The van der Waals surface area contributed by atoms with Crippen LogP contribution in [0.3, 0.4) is 0 Å². The summed E-state index contributed by atoms with van der Waals surface area (Å²) in [7, 11) is 0. The Labute approximate surface area is 183 Å². The first-order valence-corrected chi connectivity index (χ1v) is 10.1. The van der Waals surface area contributed by atoms with Crippen LogP contribution in [-0.2, 0) is 11.2 Å². The second-order valence-electron chi connectivity index (χ2n) is 6.88. The smallest absolute Gasteiger partial charge is 0.253 e. The Kier molecular flexibility index (Phi) is 7.07. The molecule has 1 heterocycles. The van der Waals surface area contributed by atoms with E-state index in [-0.39, 0.29) is 30.7 Å². The molecule has 156 valence electrons. The van der Waals surface area contributed by atoms with E-state index in [0.29, 0.717) is 33.0 Å². The standard InChI is InChI=1S/C21H20Cl2N4O3/c1-12(2)24-21(29)16-8-7-15(23)11-17(16)25-18(28)9-10-19-26-20(27-30-19)13-3-5-14(22)6-4-13/h3-8,11-12H,9-10H2,1-2H3,(H,24,29)(H,25,28). The fraction of sp³-hybridized carbons (Fsp3) is 0.238. The van der Waals surface area contributed by atoms with Gasteiger partial charge in [-0.25, -0.2) is 0 Å². The van der Waals surface area contributed by atoms with E-state index in [1.54, 1.807) is 42.5 Å². The molecule has 0 bridgehead atoms. The average Bonchev–Trinajstić information content (AvgIpc) is 3.15. The first-order valence-electron chi connectivity index (χ1n) is 9.30. The van der Waals surface area contributed by atoms with Gasteiger partial charge in [-0.05, 0) is 56.3 Å². The molecule has 3 rings (SSSR count). The summed E-state index contributed by atoms with van der Waals surface area (Å²) in [6.45, 7) is 3.71. The van der Waals surface area contributed by atoms with Crippen molar-refractivity contribution in [2.75, 3.05) is 5.32 Å². The van der Waals surface area contributed by atoms with Gasteiger partial charge >= 0.3 is 0 Å². The Bertz CT molecular complexity index is 1050. The summed E-state index contributed by atoms with van der Waals surface area (Å²) in [5, 5.41) is 10.5. The van der Waals surface area contributed by atoms with Crippen LogP contribution in [0.2, 0.25) is 10.0 Å². The van der Waals surface area contributed by atoms with E-state index in [9.17, 15) is 9.59 Å². The number of rotatable bonds is 7. The van der Waals surface area contributed by atoms with Crippen molar-refractivity contribution in [1.82, 2.24) is 15.5 Å². The summed E-state index contributed by atoms with van der Waals surface area (Å²) in [6, 6.07) is 11.7. The highest BCUT2D eigenvalue weighted by Gasteiger charge is 2.16. The van der Waals surface area contributed by atoms with E-state index in [1.807, 2.05) is 13.8 Å². The summed E-state index contributed by atoms with van der Waals surface area (Å²) in [4.78, 5) is 29.1. The third-order valence-corrected chi connectivity index (χ3v) is 4.54. The zero-order valence-corrected chi connectivity index (χ0v) is 17.9. The van der Waals surface area contributed by atoms with Crippen molar-refractivity contribution >= 4 is 40.7 Å². The van der Waals surface area contributed by atoms with Crippen LogP contribution in [-0.4, -0.2) is 28.0 Å². The molecule has 7 nitrogen and oxygen atoms in total. The van der Waals surface area contributed by atoms with Gasteiger partial charge in [-0.2, -0.15) is 4.98 Å². The van der Waals surface area contributed by atoms with E-state index < -0.39 is 0 Å². The summed E-state index contributed by atoms with van der Waals surface area (Å²) in [5.74, 6) is 0.159. The predicted octanol–water partition coefficient (Wildman–Crippen LogP) is 4.75. The zero-order chi connectivity index (χ0) is 21.7. The van der Waals surface area contributed by atoms with Gasteiger partial charge in [0, 0.05) is 34.5 Å². The van der Waals surface area contributed by atoms with Gasteiger partial charge in [0.05, 0.1) is 11.3 Å². The maximum Gasteiger partial charge on any atom is 0.253 e. The lowest BCUT2D eigenvalue weighted by molar-refractivity contribution is -0.116. The highest BCUT2D eigenvalue weighted by atomic mass is 35.5. The molecule has 3 aromatic rings. The predicted molar refractivity (Wildman–Crippen MR) is 116 cm³/mol. The summed E-state index contributed by atoms with van der Waals surface area (Å²) >= 11 is 11.9. The maximum atomic E-state index is 12.4. The number of hydrogen-bond donors (Lipinski definition) is 2. The molecule has 0 unspecified atom stereocenters. The topological polar surface area (TPSA) is 97.1 Å². The van der Waals surface area contributed by atoms with Crippen molar-refractivity contribution in [3.63, 3.8) is 0 Å². The van der Waals surface area contributed by atoms with Gasteiger partial charge in [0.25, 0.3) is 5.91 Å². The fourth-order valence-electron chi connectivity index (χ4n) is 2.66. The van der Waals surface area contributed by atoms with Crippen LogP contribution in [0.4, 0.5) is 5.69 Å². The lowest BCUT2D eigenvalue weighted by Crippen LogP contribution is -2.31. The molecule has 0 atom stereocenters. The van der Waals surface area contributed by atoms with Gasteiger partial charge in [0.1, 0.15) is 0 Å². The van der Waals surface area contributed by atoms with Crippen LogP contribution in [0, 0.1) is 0 Å². The number of nitrogens with one attached hydrogen (secondary N) is 2. The van der Waals surface area contributed by atoms with Crippen molar-refractivity contribution in [2.24, 2.45) is 0 Å². The van der Waals surface area contributed by atoms with Gasteiger partial charge in [0.15, 0.2) is 0 Å². The molecule has 0 radical (unpaired) electrons. The molecule has 0 spiro atoms. The monoisotopic (exact) mass is 446 g/mol. The minimum absolute atomic E-state index is 0.0379. The molecule has 0 aliphatic rings. The van der Waals surface area contributed by atoms with Crippen molar-refractivity contribution in [3.8, 4) is 11.4 Å². The van der Waals surface area contributed by atoms with Crippen molar-refractivity contribution in [1.29, 1.82) is 0 Å². The van der Waals surface area contributed by atoms with Crippen LogP contribution in [0.15, 0.2) is 47.0 Å². The Balaban J connectivity index is 1.63. The van der Waals surface area contributed by atoms with Crippen LogP contribution in [0.1, 0.15) is 36.5 Å². The number of aryl methyl sites for hydroxylation is 1. The molecule has 2 amide bonds. The molecule has 0 aliphatic carbocycles. The number of aromatic nitrogens is 2. The molecule has 9 heteroatoms. The molecule has 1 aromatic heterocycles. The van der Waals surface area contributed by atoms with Crippen LogP contribution in [0.25, 0.3) is 11.4 Å². The van der Waals surface area contributed by atoms with E-state index in [4.69, 9.17) is 27.7 Å². The molecule has 2 aromatic carbocycles. The van der Waals surface area contributed by atoms with Crippen molar-refractivity contribution in [3.05, 3.63) is 64.0 Å². The van der Waals surface area contributed by atoms with Crippen LogP contribution < -0.4 is 10.6 Å². The Morgan fingerprint density at radius 1 is 1.07 bits per heavy atom. The summed E-state index contributed by atoms with van der Waals surface area (Å²) < 4.78 is 5.22. The van der Waals surface area contributed by atoms with Gasteiger partial charge in [-0.3, -0.25) is 9.59 Å². The average molecular weight is 447 g/mol. The number of carbonyl (C=O) groups is 2. The quantitative estimate of drug-likeness (QED) is 0.545. The molecule has 0 aliphatic heterocycles. The number of anilines is 1. The fourth-order valence-corrected chi connectivity index (χ4v) is 2.96. The Morgan fingerprint density at radius 2 is 1.77 bits per heavy atom. The van der Waals surface area contributed by atoms with E-state index in [0.717, 1.165) is 5.56 Å². The van der Waals surface area contributed by atoms with Gasteiger partial charge in [-0.15, -0.1) is 0 Å². The summed E-state index contributed by atoms with van der Waals surface area (Å²) in [6.07, 6.45) is 0.348. The summed E-state index contributed by atoms with van der Waals surface area (Å²) in [5.41, 5.74) is 1.45. The van der Waals surface area contributed by atoms with E-state index >= 15 is 0 Å². The Morgan fingerprint density at radius 3 is 2.47 bits per heavy atom. The third-order valence-electron chi connectivity index (χ3n) is 4.06. The molecule has 0 saturated carbocycles. The first kappa shape index (κ1) is 21.8. The highest BCUT2D eigenvalue weighted by Crippen LogP contribution is 2.22. The first-order chi connectivity index (χ1) is 14.3. The van der Waals surface area contributed by atoms with Crippen LogP contribution >= 0.6 is 23.2 Å². The Hall–Kier alpha value is -2.90. The lowest BCUT2D eigenvalue weighted by Gasteiger charge is -2.13. The number of carbonyl (C=O) groups excluding carboxylic acids is 2. The minimum atomic E-state index is -0.304. The largest absolute Gasteiger partial charge is 0.350 e. The second-order valence-corrected chi connectivity index (χ2v) is 7.76. The van der Waals surface area contributed by atoms with Gasteiger partial charge in [-0.1, -0.05) is 28.4 Å². The van der Waals surface area contributed by atoms with Gasteiger partial charge in [0.2, 0.25) is 17.6 Å². The molecular weight excluding hydrogens is 427 g/mol.